The van der Waals surface area contributed by atoms with Gasteiger partial charge in [-0.2, -0.15) is 0 Å². The van der Waals surface area contributed by atoms with Crippen molar-refractivity contribution in [1.82, 2.24) is 0 Å². The quantitative estimate of drug-likeness (QED) is 0.163. The first-order valence-corrected chi connectivity index (χ1v) is 33.0. The van der Waals surface area contributed by atoms with Gasteiger partial charge >= 0.3 is 0 Å². The van der Waals surface area contributed by atoms with Gasteiger partial charge in [-0.15, -0.1) is 0 Å². The van der Waals surface area contributed by atoms with Crippen LogP contribution in [0.3, 0.4) is 0 Å². The Morgan fingerprint density at radius 1 is 0.345 bits per heavy atom. The van der Waals surface area contributed by atoms with Gasteiger partial charge in [-0.3, -0.25) is 0 Å². The third-order valence-corrected chi connectivity index (χ3v) is 23.0. The Morgan fingerprint density at radius 3 is 1.45 bits per heavy atom. The molecule has 0 aromatic heterocycles. The molecule has 0 bridgehead atoms. The molecule has 1 fully saturated rings. The van der Waals surface area contributed by atoms with E-state index in [4.69, 9.17) is 0 Å². The van der Waals surface area contributed by atoms with Crippen molar-refractivity contribution in [2.24, 2.45) is 0 Å². The topological polar surface area (TPSA) is 13.0 Å². The van der Waals surface area contributed by atoms with Crippen LogP contribution in [0, 0.1) is 0 Å². The summed E-state index contributed by atoms with van der Waals surface area (Å²) in [6.07, 6.45) is 6.91. The van der Waals surface area contributed by atoms with Crippen LogP contribution in [-0.4, -0.2) is 12.3 Å². The maximum absolute atomic E-state index is 2.83. The molecule has 0 N–H and O–H groups in total. The Labute approximate surface area is 523 Å². The normalized spacial score (nSPS) is 22.9. The molecule has 4 heterocycles. The summed E-state index contributed by atoms with van der Waals surface area (Å²) in [5, 5.41) is 0. The highest BCUT2D eigenvalue weighted by Crippen LogP contribution is 2.66. The second kappa shape index (κ2) is 18.8. The van der Waals surface area contributed by atoms with Crippen molar-refractivity contribution in [3.8, 4) is 0 Å². The molecule has 6 aliphatic rings. The molecule has 8 aromatic rings. The molecular weight excluding hydrogens is 1050 g/mol. The average Bonchev–Trinajstić information content (AvgIpc) is 1.75. The highest BCUT2D eigenvalue weighted by Gasteiger charge is 2.61. The van der Waals surface area contributed by atoms with Crippen molar-refractivity contribution in [3.63, 3.8) is 0 Å². The standard InChI is InChI=1S/C82H95BN4/c1-74(2,3)53-29-34-58(35-30-53)84-70-49-60(86-67-39-32-55(76(7,8)9)46-63(67)79(16)42-22-23-43-81(79,86)18)36-38-66(70)83-65-37-31-57(78(13,14)15)48-69(65)85(59-27-24-26-54(45-59)75(4,5)6)72-51-61(50-71(84)73(72)83)87-68-40-33-56(77(10,11)12)47-64(68)80(17)44-41-52-25-20-21-28-62(52)82(80,87)19/h20-21,24-40,45-51H,22-23,41-44H2,1-19H3. The Morgan fingerprint density at radius 2 is 0.828 bits per heavy atom. The average molecular weight is 1150 g/mol. The third-order valence-electron chi connectivity index (χ3n) is 23.0. The zero-order valence-electron chi connectivity index (χ0n) is 56.1. The van der Waals surface area contributed by atoms with Crippen molar-refractivity contribution in [2.45, 2.75) is 219 Å². The first-order chi connectivity index (χ1) is 40.8. The molecule has 0 spiro atoms. The van der Waals surface area contributed by atoms with E-state index in [1.54, 1.807) is 0 Å². The molecule has 4 atom stereocenters. The number of hydrogen-bond donors (Lipinski definition) is 0. The molecule has 4 unspecified atom stereocenters. The Kier molecular flexibility index (Phi) is 12.5. The molecule has 87 heavy (non-hydrogen) atoms. The van der Waals surface area contributed by atoms with Crippen molar-refractivity contribution in [2.75, 3.05) is 19.6 Å². The SMILES string of the molecule is CC(C)(C)c1ccc(N2c3cc(N4c5ccc(C(C)(C)C)cc5C5(C)CCCCC45C)ccc3B3c4ccc(C(C)(C)C)cc4N(c4cccc(C(C)(C)C)c4)c4cc(N5c6ccc(C(C)(C)C)cc6C6(C)CCc7ccccc7C56C)cc2c43)cc1. The number of fused-ring (bicyclic) bond motifs is 12. The minimum Gasteiger partial charge on any atom is -0.334 e. The van der Waals surface area contributed by atoms with E-state index in [0.717, 1.165) is 19.3 Å². The second-order valence-corrected chi connectivity index (χ2v) is 33.4. The van der Waals surface area contributed by atoms with E-state index in [0.29, 0.717) is 0 Å². The molecular formula is C82H95BN4. The first kappa shape index (κ1) is 57.8. The fourth-order valence-corrected chi connectivity index (χ4v) is 17.3. The minimum atomic E-state index is -0.430. The zero-order chi connectivity index (χ0) is 61.7. The van der Waals surface area contributed by atoms with E-state index in [9.17, 15) is 0 Å². The van der Waals surface area contributed by atoms with Crippen LogP contribution in [-0.2, 0) is 49.9 Å². The summed E-state index contributed by atoms with van der Waals surface area (Å²) in [6, 6.07) is 64.2. The zero-order valence-corrected chi connectivity index (χ0v) is 56.1. The van der Waals surface area contributed by atoms with Crippen LogP contribution in [0.4, 0.5) is 56.9 Å². The fourth-order valence-electron chi connectivity index (χ4n) is 17.3. The van der Waals surface area contributed by atoms with Gasteiger partial charge in [0.25, 0.3) is 6.71 Å². The molecule has 14 rings (SSSR count). The van der Waals surface area contributed by atoms with Gasteiger partial charge < -0.3 is 19.6 Å². The number of nitrogens with zero attached hydrogens (tertiary/aromatic N) is 4. The lowest BCUT2D eigenvalue weighted by Gasteiger charge is -2.52. The second-order valence-electron chi connectivity index (χ2n) is 33.4. The summed E-state index contributed by atoms with van der Waals surface area (Å²) in [6.45, 7) is 45.8. The summed E-state index contributed by atoms with van der Waals surface area (Å²) in [7, 11) is 0. The van der Waals surface area contributed by atoms with E-state index in [1.165, 1.54) is 143 Å². The monoisotopic (exact) mass is 1150 g/mol. The largest absolute Gasteiger partial charge is 0.334 e. The summed E-state index contributed by atoms with van der Waals surface area (Å²) in [5.74, 6) is 0. The molecule has 0 amide bonds. The van der Waals surface area contributed by atoms with Gasteiger partial charge in [0.2, 0.25) is 0 Å². The van der Waals surface area contributed by atoms with Crippen LogP contribution in [0.1, 0.15) is 214 Å². The number of aryl methyl sites for hydroxylation is 1. The van der Waals surface area contributed by atoms with Crippen molar-refractivity contribution < 1.29 is 0 Å². The number of rotatable bonds is 4. The number of benzene rings is 8. The predicted octanol–water partition coefficient (Wildman–Crippen LogP) is 20.3. The van der Waals surface area contributed by atoms with Gasteiger partial charge in [0.1, 0.15) is 0 Å². The molecule has 0 radical (unpaired) electrons. The van der Waals surface area contributed by atoms with Gasteiger partial charge in [-0.1, -0.05) is 222 Å². The molecule has 0 saturated heterocycles. The Balaban J connectivity index is 1.11. The summed E-state index contributed by atoms with van der Waals surface area (Å²) < 4.78 is 0. The summed E-state index contributed by atoms with van der Waals surface area (Å²) in [4.78, 5) is 11.0. The molecule has 1 saturated carbocycles. The highest BCUT2D eigenvalue weighted by atomic mass is 15.3. The van der Waals surface area contributed by atoms with Crippen molar-refractivity contribution in [1.29, 1.82) is 0 Å². The smallest absolute Gasteiger partial charge is 0.252 e. The molecule has 446 valence electrons. The molecule has 2 aliphatic carbocycles. The van der Waals surface area contributed by atoms with E-state index in [2.05, 4.69) is 309 Å². The Bertz CT molecular complexity index is 4130. The fraction of sp³-hybridized carbons (Fsp3) is 0.415. The molecule has 5 heteroatoms. The van der Waals surface area contributed by atoms with Crippen LogP contribution in [0.2, 0.25) is 0 Å². The minimum absolute atomic E-state index is 0.0109. The van der Waals surface area contributed by atoms with Crippen LogP contribution >= 0.6 is 0 Å². The van der Waals surface area contributed by atoms with Crippen molar-refractivity contribution in [3.05, 3.63) is 208 Å². The van der Waals surface area contributed by atoms with Crippen molar-refractivity contribution >= 4 is 80.0 Å². The van der Waals surface area contributed by atoms with Crippen LogP contribution in [0.5, 0.6) is 0 Å². The number of hydrogen-bond acceptors (Lipinski definition) is 4. The molecule has 4 nitrogen and oxygen atoms in total. The lowest BCUT2D eigenvalue weighted by molar-refractivity contribution is 0.195. The lowest BCUT2D eigenvalue weighted by atomic mass is 9.33. The summed E-state index contributed by atoms with van der Waals surface area (Å²) >= 11 is 0. The lowest BCUT2D eigenvalue weighted by Crippen LogP contribution is -2.61. The predicted molar refractivity (Wildman–Crippen MR) is 375 cm³/mol. The van der Waals surface area contributed by atoms with Crippen LogP contribution in [0.25, 0.3) is 0 Å². The van der Waals surface area contributed by atoms with Gasteiger partial charge in [-0.25, -0.2) is 0 Å². The summed E-state index contributed by atoms with van der Waals surface area (Å²) in [5.41, 5.74) is 28.3. The van der Waals surface area contributed by atoms with Gasteiger partial charge in [0, 0.05) is 67.7 Å². The molecule has 4 aliphatic heterocycles. The maximum Gasteiger partial charge on any atom is 0.252 e. The van der Waals surface area contributed by atoms with Gasteiger partial charge in [0.15, 0.2) is 0 Å². The van der Waals surface area contributed by atoms with Crippen LogP contribution < -0.4 is 36.0 Å². The molecule has 8 aromatic carbocycles. The van der Waals surface area contributed by atoms with Gasteiger partial charge in [0.05, 0.1) is 11.1 Å². The third kappa shape index (κ3) is 8.35. The van der Waals surface area contributed by atoms with E-state index in [1.807, 2.05) is 0 Å². The highest BCUT2D eigenvalue weighted by molar-refractivity contribution is 7.00. The first-order valence-electron chi connectivity index (χ1n) is 33.0. The van der Waals surface area contributed by atoms with E-state index >= 15 is 0 Å². The van der Waals surface area contributed by atoms with Crippen LogP contribution in [0.15, 0.2) is 158 Å². The number of anilines is 10. The maximum atomic E-state index is 2.83. The Hall–Kier alpha value is -6.98. The van der Waals surface area contributed by atoms with Gasteiger partial charge in [-0.05, 0) is 200 Å². The van der Waals surface area contributed by atoms with E-state index in [-0.39, 0.29) is 50.2 Å². The van der Waals surface area contributed by atoms with E-state index < -0.39 is 5.54 Å².